The van der Waals surface area contributed by atoms with Crippen molar-refractivity contribution in [1.29, 1.82) is 0 Å². The molecule has 2 aliphatic rings. The van der Waals surface area contributed by atoms with Gasteiger partial charge in [-0.1, -0.05) is 0 Å². The highest BCUT2D eigenvalue weighted by Gasteiger charge is 2.44. The Morgan fingerprint density at radius 1 is 0.694 bits per heavy atom. The van der Waals surface area contributed by atoms with Crippen LogP contribution in [0.25, 0.3) is 0 Å². The number of aromatic amines is 2. The lowest BCUT2D eigenvalue weighted by Crippen LogP contribution is -2.38. The van der Waals surface area contributed by atoms with Gasteiger partial charge in [0.1, 0.15) is 36.6 Å². The summed E-state index contributed by atoms with van der Waals surface area (Å²) in [6.07, 6.45) is -7.04. The van der Waals surface area contributed by atoms with E-state index in [1.54, 1.807) is 0 Å². The number of nitrogens with zero attached hydrogens (tertiary/aromatic N) is 2. The van der Waals surface area contributed by atoms with Crippen molar-refractivity contribution in [1.82, 2.24) is 19.1 Å². The zero-order chi connectivity index (χ0) is 26.9. The minimum absolute atomic E-state index is 0.271. The number of hydrogen-bond acceptors (Lipinski definition) is 12. The summed E-state index contributed by atoms with van der Waals surface area (Å²) in [5.41, 5.74) is -2.01. The first-order chi connectivity index (χ1) is 16.9. The molecule has 0 spiro atoms. The monoisotopic (exact) mass is 516 g/mol. The molecule has 0 amide bonds. The number of aromatic nitrogens is 4. The Bertz CT molecular complexity index is 1200. The number of aliphatic hydroxyl groups excluding tert-OH is 6. The maximum absolute atomic E-state index is 11.6. The zero-order valence-electron chi connectivity index (χ0n) is 19.2. The lowest BCUT2D eigenvalue weighted by molar-refractivity contribution is -0.0551. The van der Waals surface area contributed by atoms with Crippen LogP contribution in [-0.2, 0) is 9.47 Å². The number of aryl methyl sites for hydroxylation is 2. The molecule has 2 saturated heterocycles. The van der Waals surface area contributed by atoms with Crippen molar-refractivity contribution in [3.8, 4) is 0 Å². The van der Waals surface area contributed by atoms with Gasteiger partial charge in [-0.2, -0.15) is 0 Å². The largest absolute Gasteiger partial charge is 0.394 e. The van der Waals surface area contributed by atoms with Crippen LogP contribution in [0.2, 0.25) is 0 Å². The minimum Gasteiger partial charge on any atom is -0.394 e. The fourth-order valence-corrected chi connectivity index (χ4v) is 3.77. The van der Waals surface area contributed by atoms with Crippen LogP contribution in [0.1, 0.15) is 23.6 Å². The van der Waals surface area contributed by atoms with Crippen LogP contribution in [0, 0.1) is 13.8 Å². The molecule has 2 aliphatic heterocycles. The third-order valence-corrected chi connectivity index (χ3v) is 5.87. The molecule has 2 aromatic heterocycles. The van der Waals surface area contributed by atoms with E-state index in [1.807, 2.05) is 0 Å². The van der Waals surface area contributed by atoms with Crippen LogP contribution < -0.4 is 22.5 Å². The predicted molar refractivity (Wildman–Crippen MR) is 118 cm³/mol. The Labute approximate surface area is 201 Å². The Hall–Kier alpha value is -2.96. The van der Waals surface area contributed by atoms with E-state index in [4.69, 9.17) is 19.7 Å². The summed E-state index contributed by atoms with van der Waals surface area (Å²) in [7, 11) is 0. The van der Waals surface area contributed by atoms with Gasteiger partial charge in [0.15, 0.2) is 12.5 Å². The smallest absolute Gasteiger partial charge is 0.330 e. The summed E-state index contributed by atoms with van der Waals surface area (Å²) >= 11 is 0. The van der Waals surface area contributed by atoms with Crippen LogP contribution >= 0.6 is 0 Å². The van der Waals surface area contributed by atoms with E-state index in [9.17, 15) is 39.6 Å². The number of ether oxygens (including phenoxy) is 2. The van der Waals surface area contributed by atoms with Gasteiger partial charge in [-0.3, -0.25) is 28.7 Å². The lowest BCUT2D eigenvalue weighted by Gasteiger charge is -2.17. The molecule has 8 atom stereocenters. The number of aliphatic hydroxyl groups is 6. The summed E-state index contributed by atoms with van der Waals surface area (Å²) in [5, 5.41) is 56.6. The van der Waals surface area contributed by atoms with Crippen LogP contribution in [0.4, 0.5) is 0 Å². The Morgan fingerprint density at radius 2 is 1.03 bits per heavy atom. The molecule has 0 saturated carbocycles. The molecule has 36 heavy (non-hydrogen) atoms. The van der Waals surface area contributed by atoms with Crippen molar-refractivity contribution >= 4 is 0 Å². The van der Waals surface area contributed by atoms with Crippen molar-refractivity contribution in [2.45, 2.75) is 62.9 Å². The molecule has 2 aromatic rings. The van der Waals surface area contributed by atoms with Gasteiger partial charge in [0.25, 0.3) is 11.1 Å². The molecule has 2 fully saturated rings. The molecule has 8 N–H and O–H groups in total. The molecule has 4 heterocycles. The molecular weight excluding hydrogens is 488 g/mol. The van der Waals surface area contributed by atoms with E-state index in [0.29, 0.717) is 0 Å². The number of nitrogens with one attached hydrogen (secondary N) is 2. The van der Waals surface area contributed by atoms with Crippen molar-refractivity contribution in [2.24, 2.45) is 0 Å². The summed E-state index contributed by atoms with van der Waals surface area (Å²) in [5.74, 6) is 0. The average molecular weight is 516 g/mol. The van der Waals surface area contributed by atoms with E-state index in [2.05, 4.69) is 9.97 Å². The molecule has 0 radical (unpaired) electrons. The first-order valence-electron chi connectivity index (χ1n) is 10.8. The molecular formula is C20H28N4O12. The molecule has 0 bridgehead atoms. The fraction of sp³-hybridized carbons (Fsp3) is 0.600. The SMILES string of the molecule is Cc1cn([C@@H]2O[C@H](CO)[C@@H](O)[C@H]2O)c(=O)[nH]c1=O.Cc1cn([C@@H]2O[C@H](CO)[C@@H](O)[C@H]2O)c(=O)[nH]c1=O. The van der Waals surface area contributed by atoms with Gasteiger partial charge >= 0.3 is 11.4 Å². The summed E-state index contributed by atoms with van der Waals surface area (Å²) in [4.78, 5) is 49.8. The summed E-state index contributed by atoms with van der Waals surface area (Å²) < 4.78 is 12.3. The molecule has 0 aromatic carbocycles. The number of H-pyrrole nitrogens is 2. The standard InChI is InChI=1S/2C10H14N2O6/c2*1-4-2-12(10(17)11-8(4)16)9-7(15)6(14)5(3-13)18-9/h2*2,5-7,9,13-15H,3H2,1H3,(H,11,16,17)/t2*5-,6-,7-,9-/m11/s1. The van der Waals surface area contributed by atoms with Crippen molar-refractivity contribution in [3.63, 3.8) is 0 Å². The maximum Gasteiger partial charge on any atom is 0.330 e. The van der Waals surface area contributed by atoms with E-state index in [0.717, 1.165) is 9.13 Å². The topological polar surface area (TPSA) is 250 Å². The Balaban J connectivity index is 0.000000201. The third-order valence-electron chi connectivity index (χ3n) is 5.87. The van der Waals surface area contributed by atoms with Gasteiger partial charge in [-0.05, 0) is 13.8 Å². The first kappa shape index (κ1) is 27.6. The highest BCUT2D eigenvalue weighted by Crippen LogP contribution is 2.28. The maximum atomic E-state index is 11.6. The second kappa shape index (κ2) is 11.0. The highest BCUT2D eigenvalue weighted by molar-refractivity contribution is 5.04. The first-order valence-corrected chi connectivity index (χ1v) is 10.8. The van der Waals surface area contributed by atoms with Crippen molar-refractivity contribution in [2.75, 3.05) is 13.2 Å². The van der Waals surface area contributed by atoms with E-state index >= 15 is 0 Å². The van der Waals surface area contributed by atoms with Gasteiger partial charge in [0, 0.05) is 23.5 Å². The average Bonchev–Trinajstić information content (AvgIpc) is 3.29. The normalized spacial score (nSPS) is 31.8. The van der Waals surface area contributed by atoms with E-state index in [1.165, 1.54) is 26.2 Å². The minimum atomic E-state index is -1.36. The second-order valence-electron chi connectivity index (χ2n) is 8.42. The molecule has 0 aliphatic carbocycles. The number of hydrogen-bond donors (Lipinski definition) is 8. The van der Waals surface area contributed by atoms with Crippen molar-refractivity contribution in [3.05, 3.63) is 65.2 Å². The molecule has 200 valence electrons. The molecule has 0 unspecified atom stereocenters. The summed E-state index contributed by atoms with van der Waals surface area (Å²) in [6.45, 7) is 2.03. The van der Waals surface area contributed by atoms with Gasteiger partial charge in [-0.15, -0.1) is 0 Å². The van der Waals surface area contributed by atoms with Gasteiger partial charge in [0.05, 0.1) is 13.2 Å². The lowest BCUT2D eigenvalue weighted by atomic mass is 10.1. The van der Waals surface area contributed by atoms with Crippen LogP contribution in [0.5, 0.6) is 0 Å². The fourth-order valence-electron chi connectivity index (χ4n) is 3.77. The van der Waals surface area contributed by atoms with Gasteiger partial charge < -0.3 is 40.1 Å². The van der Waals surface area contributed by atoms with Crippen LogP contribution in [-0.4, -0.2) is 99.6 Å². The Kier molecular flexibility index (Phi) is 8.42. The second-order valence-corrected chi connectivity index (χ2v) is 8.42. The quantitative estimate of drug-likeness (QED) is 0.190. The van der Waals surface area contributed by atoms with E-state index in [-0.39, 0.29) is 11.1 Å². The molecule has 4 rings (SSSR count). The molecule has 16 nitrogen and oxygen atoms in total. The van der Waals surface area contributed by atoms with Gasteiger partial charge in [-0.25, -0.2) is 9.59 Å². The third kappa shape index (κ3) is 5.25. The number of rotatable bonds is 4. The van der Waals surface area contributed by atoms with E-state index < -0.39 is 84.8 Å². The summed E-state index contributed by atoms with van der Waals surface area (Å²) in [6, 6.07) is 0. The molecule has 16 heteroatoms. The van der Waals surface area contributed by atoms with Crippen LogP contribution in [0.3, 0.4) is 0 Å². The van der Waals surface area contributed by atoms with Gasteiger partial charge in [0.2, 0.25) is 0 Å². The predicted octanol–water partition coefficient (Wildman–Crippen LogP) is -5.09. The highest BCUT2D eigenvalue weighted by atomic mass is 16.6. The zero-order valence-corrected chi connectivity index (χ0v) is 19.2. The van der Waals surface area contributed by atoms with Crippen molar-refractivity contribution < 1.29 is 40.1 Å². The van der Waals surface area contributed by atoms with Crippen LogP contribution in [0.15, 0.2) is 31.6 Å². The Morgan fingerprint density at radius 3 is 1.31 bits per heavy atom.